The number of carbonyl (C=O) groups excluding carboxylic acids is 1. The molecule has 3 rings (SSSR count). The van der Waals surface area contributed by atoms with Crippen molar-refractivity contribution >= 4 is 5.91 Å². The van der Waals surface area contributed by atoms with Crippen molar-refractivity contribution < 1.29 is 13.6 Å². The van der Waals surface area contributed by atoms with Gasteiger partial charge in [0.2, 0.25) is 5.91 Å². The molecule has 2 aliphatic heterocycles. The summed E-state index contributed by atoms with van der Waals surface area (Å²) >= 11 is 0. The lowest BCUT2D eigenvalue weighted by atomic mass is 9.67. The maximum absolute atomic E-state index is 12.9. The quantitative estimate of drug-likeness (QED) is 0.540. The lowest BCUT2D eigenvalue weighted by Crippen LogP contribution is -2.63. The van der Waals surface area contributed by atoms with Crippen molar-refractivity contribution in [2.24, 2.45) is 11.8 Å². The predicted molar refractivity (Wildman–Crippen MR) is 38.8 cm³/mol. The van der Waals surface area contributed by atoms with Gasteiger partial charge >= 0.3 is 0 Å². The minimum Gasteiger partial charge on any atom is -0.342 e. The molecule has 3 aliphatic rings. The SMILES string of the molecule is CC(=O)N1CC2CC(C1)C2(F)F. The Labute approximate surface area is 69.5 Å². The Morgan fingerprint density at radius 2 is 1.92 bits per heavy atom. The molecule has 68 valence electrons. The smallest absolute Gasteiger partial charge is 0.257 e. The third kappa shape index (κ3) is 0.867. The third-order valence-electron chi connectivity index (χ3n) is 2.98. The number of fused-ring (bicyclic) bond motifs is 2. The number of nitrogens with zero attached hydrogens (tertiary/aromatic N) is 1. The Balaban J connectivity index is 2.06. The summed E-state index contributed by atoms with van der Waals surface area (Å²) in [6, 6.07) is 0. The second kappa shape index (κ2) is 2.18. The van der Waals surface area contributed by atoms with Gasteiger partial charge in [-0.25, -0.2) is 8.78 Å². The highest BCUT2D eigenvalue weighted by Crippen LogP contribution is 2.52. The van der Waals surface area contributed by atoms with Gasteiger partial charge in [0.25, 0.3) is 5.92 Å². The largest absolute Gasteiger partial charge is 0.342 e. The fourth-order valence-electron chi connectivity index (χ4n) is 2.09. The molecule has 2 saturated heterocycles. The average Bonchev–Trinajstić information content (AvgIpc) is 2.04. The summed E-state index contributed by atoms with van der Waals surface area (Å²) in [6.07, 6.45) is 0.594. The zero-order valence-corrected chi connectivity index (χ0v) is 6.89. The Kier molecular flexibility index (Phi) is 1.44. The monoisotopic (exact) mass is 175 g/mol. The Morgan fingerprint density at radius 1 is 1.42 bits per heavy atom. The average molecular weight is 175 g/mol. The first kappa shape index (κ1) is 7.95. The molecule has 0 aromatic heterocycles. The van der Waals surface area contributed by atoms with Gasteiger partial charge in [0.05, 0.1) is 0 Å². The van der Waals surface area contributed by atoms with E-state index in [1.165, 1.54) is 11.8 Å². The highest BCUT2D eigenvalue weighted by atomic mass is 19.3. The van der Waals surface area contributed by atoms with E-state index in [1.807, 2.05) is 0 Å². The number of hydrogen-bond donors (Lipinski definition) is 0. The van der Waals surface area contributed by atoms with E-state index in [2.05, 4.69) is 0 Å². The molecule has 0 aromatic rings. The van der Waals surface area contributed by atoms with E-state index in [9.17, 15) is 13.6 Å². The number of piperidine rings is 2. The van der Waals surface area contributed by atoms with Gasteiger partial charge in [0.1, 0.15) is 0 Å². The number of halogens is 2. The third-order valence-corrected chi connectivity index (χ3v) is 2.98. The van der Waals surface area contributed by atoms with Gasteiger partial charge in [-0.05, 0) is 6.42 Å². The molecule has 1 saturated carbocycles. The molecule has 2 atom stereocenters. The Hall–Kier alpha value is -0.670. The number of carbonyl (C=O) groups is 1. The summed E-state index contributed by atoms with van der Waals surface area (Å²) in [6.45, 7) is 1.93. The lowest BCUT2D eigenvalue weighted by Gasteiger charge is -2.52. The number of hydrogen-bond acceptors (Lipinski definition) is 1. The predicted octanol–water partition coefficient (Wildman–Crippen LogP) is 1.12. The molecule has 2 bridgehead atoms. The maximum Gasteiger partial charge on any atom is 0.257 e. The normalized spacial score (nSPS) is 37.4. The summed E-state index contributed by atoms with van der Waals surface area (Å²) in [5, 5.41) is 0. The zero-order chi connectivity index (χ0) is 8.93. The van der Waals surface area contributed by atoms with E-state index in [1.54, 1.807) is 0 Å². The molecule has 2 unspecified atom stereocenters. The van der Waals surface area contributed by atoms with Crippen molar-refractivity contribution in [1.82, 2.24) is 4.90 Å². The molecule has 3 fully saturated rings. The number of rotatable bonds is 0. The van der Waals surface area contributed by atoms with E-state index in [-0.39, 0.29) is 19.0 Å². The topological polar surface area (TPSA) is 20.3 Å². The molecular weight excluding hydrogens is 164 g/mol. The molecule has 12 heavy (non-hydrogen) atoms. The van der Waals surface area contributed by atoms with Crippen molar-refractivity contribution in [1.29, 1.82) is 0 Å². The summed E-state index contributed by atoms with van der Waals surface area (Å²) in [5.41, 5.74) is 0. The van der Waals surface area contributed by atoms with Crippen molar-refractivity contribution in [3.63, 3.8) is 0 Å². The van der Waals surface area contributed by atoms with Gasteiger partial charge in [-0.3, -0.25) is 4.79 Å². The highest BCUT2D eigenvalue weighted by Gasteiger charge is 2.61. The van der Waals surface area contributed by atoms with E-state index < -0.39 is 17.8 Å². The first-order valence-corrected chi connectivity index (χ1v) is 4.15. The second-order valence-corrected chi connectivity index (χ2v) is 3.73. The van der Waals surface area contributed by atoms with Crippen LogP contribution < -0.4 is 0 Å². The van der Waals surface area contributed by atoms with E-state index >= 15 is 0 Å². The van der Waals surface area contributed by atoms with Gasteiger partial charge in [-0.2, -0.15) is 0 Å². The molecule has 1 aliphatic carbocycles. The molecule has 0 aromatic carbocycles. The summed E-state index contributed by atoms with van der Waals surface area (Å²) in [7, 11) is 0. The van der Waals surface area contributed by atoms with Crippen LogP contribution in [0, 0.1) is 11.8 Å². The van der Waals surface area contributed by atoms with Crippen molar-refractivity contribution in [3.05, 3.63) is 0 Å². The van der Waals surface area contributed by atoms with Crippen molar-refractivity contribution in [2.75, 3.05) is 13.1 Å². The van der Waals surface area contributed by atoms with E-state index in [0.717, 1.165) is 0 Å². The van der Waals surface area contributed by atoms with E-state index in [4.69, 9.17) is 0 Å². The van der Waals surface area contributed by atoms with Crippen LogP contribution in [0.5, 0.6) is 0 Å². The van der Waals surface area contributed by atoms with Crippen LogP contribution >= 0.6 is 0 Å². The van der Waals surface area contributed by atoms with Crippen LogP contribution in [0.25, 0.3) is 0 Å². The molecule has 0 radical (unpaired) electrons. The van der Waals surface area contributed by atoms with Crippen LogP contribution in [-0.4, -0.2) is 29.8 Å². The maximum atomic E-state index is 12.9. The van der Waals surface area contributed by atoms with Crippen LogP contribution in [0.3, 0.4) is 0 Å². The van der Waals surface area contributed by atoms with Crippen LogP contribution in [0.2, 0.25) is 0 Å². The van der Waals surface area contributed by atoms with Crippen molar-refractivity contribution in [2.45, 2.75) is 19.3 Å². The highest BCUT2D eigenvalue weighted by molar-refractivity contribution is 5.73. The van der Waals surface area contributed by atoms with Crippen LogP contribution in [0.1, 0.15) is 13.3 Å². The lowest BCUT2D eigenvalue weighted by molar-refractivity contribution is -0.225. The van der Waals surface area contributed by atoms with Gasteiger partial charge in [-0.15, -0.1) is 0 Å². The van der Waals surface area contributed by atoms with Gasteiger partial charge in [-0.1, -0.05) is 0 Å². The fraction of sp³-hybridized carbons (Fsp3) is 0.875. The summed E-state index contributed by atoms with van der Waals surface area (Å²) in [4.78, 5) is 12.4. The molecule has 2 heterocycles. The van der Waals surface area contributed by atoms with Crippen LogP contribution in [-0.2, 0) is 4.79 Å². The first-order chi connectivity index (χ1) is 5.51. The first-order valence-electron chi connectivity index (χ1n) is 4.15. The molecule has 1 amide bonds. The second-order valence-electron chi connectivity index (χ2n) is 3.73. The van der Waals surface area contributed by atoms with Gasteiger partial charge in [0, 0.05) is 31.8 Å². The van der Waals surface area contributed by atoms with Gasteiger partial charge < -0.3 is 4.90 Å². The minimum atomic E-state index is -2.49. The summed E-state index contributed by atoms with van der Waals surface area (Å²) in [5.74, 6) is -3.72. The van der Waals surface area contributed by atoms with Crippen LogP contribution in [0.15, 0.2) is 0 Å². The molecule has 2 nitrogen and oxygen atoms in total. The molecule has 0 spiro atoms. The Morgan fingerprint density at radius 3 is 2.25 bits per heavy atom. The zero-order valence-electron chi connectivity index (χ0n) is 6.89. The number of amides is 1. The van der Waals surface area contributed by atoms with Crippen LogP contribution in [0.4, 0.5) is 8.78 Å². The molecule has 0 N–H and O–H groups in total. The number of alkyl halides is 2. The van der Waals surface area contributed by atoms with E-state index in [0.29, 0.717) is 6.42 Å². The fourth-order valence-corrected chi connectivity index (χ4v) is 2.09. The minimum absolute atomic E-state index is 0.0831. The Bertz CT molecular complexity index is 215. The standard InChI is InChI=1S/C8H11F2NO/c1-5(12)11-3-6-2-7(4-11)8(6,9)10/h6-7H,2-4H2,1H3. The molecular formula is C8H11F2NO. The van der Waals surface area contributed by atoms with Crippen molar-refractivity contribution in [3.8, 4) is 0 Å². The van der Waals surface area contributed by atoms with Gasteiger partial charge in [0.15, 0.2) is 0 Å². The molecule has 4 heteroatoms. The summed E-state index contributed by atoms with van der Waals surface area (Å²) < 4.78 is 25.9.